The molecule has 1 aromatic rings. The van der Waals surface area contributed by atoms with E-state index in [0.717, 1.165) is 30.5 Å². The molecule has 0 unspecified atom stereocenters. The SMILES string of the molecule is CC(C)c1ccccc1NC(=O)C1(C(=O)NC(C)(C)C)CCCCC1. The maximum atomic E-state index is 13.2. The van der Waals surface area contributed by atoms with E-state index in [1.165, 1.54) is 0 Å². The summed E-state index contributed by atoms with van der Waals surface area (Å²) >= 11 is 0. The van der Waals surface area contributed by atoms with Crippen molar-refractivity contribution in [2.75, 3.05) is 5.32 Å². The second-order valence-electron chi connectivity index (χ2n) is 8.54. The standard InChI is InChI=1S/C21H32N2O2/c1-15(2)16-11-7-8-12-17(16)22-18(24)21(13-9-6-10-14-21)19(25)23-20(3,4)5/h7-8,11-12,15H,6,9-10,13-14H2,1-5H3,(H,22,24)(H,23,25). The van der Waals surface area contributed by atoms with Crippen molar-refractivity contribution in [1.29, 1.82) is 0 Å². The van der Waals surface area contributed by atoms with Gasteiger partial charge in [0.15, 0.2) is 0 Å². The van der Waals surface area contributed by atoms with Gasteiger partial charge in [0.25, 0.3) is 0 Å². The summed E-state index contributed by atoms with van der Waals surface area (Å²) in [6.07, 6.45) is 4.14. The van der Waals surface area contributed by atoms with Crippen LogP contribution in [0, 0.1) is 5.41 Å². The molecule has 0 radical (unpaired) electrons. The second-order valence-corrected chi connectivity index (χ2v) is 8.54. The van der Waals surface area contributed by atoms with E-state index in [0.29, 0.717) is 18.8 Å². The fraction of sp³-hybridized carbons (Fsp3) is 0.619. The number of benzene rings is 1. The summed E-state index contributed by atoms with van der Waals surface area (Å²) in [7, 11) is 0. The van der Waals surface area contributed by atoms with Crippen molar-refractivity contribution < 1.29 is 9.59 Å². The number of hydrogen-bond acceptors (Lipinski definition) is 2. The number of nitrogens with one attached hydrogen (secondary N) is 2. The highest BCUT2D eigenvalue weighted by molar-refractivity contribution is 6.11. The lowest BCUT2D eigenvalue weighted by Gasteiger charge is -2.37. The first kappa shape index (κ1) is 19.5. The average Bonchev–Trinajstić information content (AvgIpc) is 2.54. The molecule has 1 fully saturated rings. The molecule has 0 aliphatic heterocycles. The third-order valence-electron chi connectivity index (χ3n) is 4.90. The van der Waals surface area contributed by atoms with Gasteiger partial charge in [-0.1, -0.05) is 51.3 Å². The van der Waals surface area contributed by atoms with Gasteiger partial charge in [-0.05, 0) is 51.2 Å². The molecule has 0 heterocycles. The van der Waals surface area contributed by atoms with Crippen LogP contribution in [0.5, 0.6) is 0 Å². The van der Waals surface area contributed by atoms with Gasteiger partial charge >= 0.3 is 0 Å². The van der Waals surface area contributed by atoms with Crippen LogP contribution in [0.25, 0.3) is 0 Å². The van der Waals surface area contributed by atoms with Gasteiger partial charge < -0.3 is 10.6 Å². The van der Waals surface area contributed by atoms with Crippen LogP contribution >= 0.6 is 0 Å². The first-order valence-electron chi connectivity index (χ1n) is 9.39. The molecule has 2 rings (SSSR count). The minimum Gasteiger partial charge on any atom is -0.351 e. The molecule has 0 saturated heterocycles. The predicted octanol–water partition coefficient (Wildman–Crippen LogP) is 4.61. The summed E-state index contributed by atoms with van der Waals surface area (Å²) in [4.78, 5) is 26.2. The molecular formula is C21H32N2O2. The summed E-state index contributed by atoms with van der Waals surface area (Å²) < 4.78 is 0. The lowest BCUT2D eigenvalue weighted by atomic mass is 9.72. The maximum Gasteiger partial charge on any atom is 0.240 e. The minimum atomic E-state index is -0.963. The summed E-state index contributed by atoms with van der Waals surface area (Å²) in [6, 6.07) is 7.85. The Kier molecular flexibility index (Phi) is 5.91. The van der Waals surface area contributed by atoms with Crippen LogP contribution in [0.3, 0.4) is 0 Å². The molecule has 2 N–H and O–H groups in total. The molecular weight excluding hydrogens is 312 g/mol. The Morgan fingerprint density at radius 2 is 1.60 bits per heavy atom. The summed E-state index contributed by atoms with van der Waals surface area (Å²) in [6.45, 7) is 10.1. The van der Waals surface area contributed by atoms with Crippen LogP contribution in [0.2, 0.25) is 0 Å². The van der Waals surface area contributed by atoms with Crippen LogP contribution < -0.4 is 10.6 Å². The Morgan fingerprint density at radius 3 is 2.16 bits per heavy atom. The summed E-state index contributed by atoms with van der Waals surface area (Å²) in [5.74, 6) is 0.00323. The Labute approximate surface area is 151 Å². The Hall–Kier alpha value is -1.84. The molecule has 0 atom stereocenters. The van der Waals surface area contributed by atoms with E-state index in [1.54, 1.807) is 0 Å². The molecule has 0 bridgehead atoms. The van der Waals surface area contributed by atoms with Crippen LogP contribution in [0.1, 0.15) is 78.2 Å². The zero-order valence-electron chi connectivity index (χ0n) is 16.2. The van der Waals surface area contributed by atoms with E-state index >= 15 is 0 Å². The van der Waals surface area contributed by atoms with Crippen molar-refractivity contribution >= 4 is 17.5 Å². The number of carbonyl (C=O) groups is 2. The highest BCUT2D eigenvalue weighted by atomic mass is 16.2. The molecule has 1 aliphatic rings. The molecule has 1 saturated carbocycles. The van der Waals surface area contributed by atoms with E-state index in [1.807, 2.05) is 45.0 Å². The molecule has 2 amide bonds. The van der Waals surface area contributed by atoms with E-state index in [9.17, 15) is 9.59 Å². The Balaban J connectivity index is 2.29. The molecule has 4 heteroatoms. The highest BCUT2D eigenvalue weighted by Gasteiger charge is 2.47. The summed E-state index contributed by atoms with van der Waals surface area (Å²) in [5.41, 5.74) is 0.599. The van der Waals surface area contributed by atoms with Crippen molar-refractivity contribution in [2.24, 2.45) is 5.41 Å². The van der Waals surface area contributed by atoms with Crippen molar-refractivity contribution in [3.8, 4) is 0 Å². The van der Waals surface area contributed by atoms with Gasteiger partial charge in [0, 0.05) is 11.2 Å². The van der Waals surface area contributed by atoms with Crippen LogP contribution in [-0.4, -0.2) is 17.4 Å². The number of carbonyl (C=O) groups excluding carboxylic acids is 2. The van der Waals surface area contributed by atoms with Gasteiger partial charge in [-0.2, -0.15) is 0 Å². The molecule has 1 aromatic carbocycles. The van der Waals surface area contributed by atoms with Gasteiger partial charge in [0.2, 0.25) is 11.8 Å². The van der Waals surface area contributed by atoms with E-state index in [-0.39, 0.29) is 17.4 Å². The van der Waals surface area contributed by atoms with Gasteiger partial charge in [0.05, 0.1) is 0 Å². The topological polar surface area (TPSA) is 58.2 Å². The van der Waals surface area contributed by atoms with Crippen molar-refractivity contribution in [1.82, 2.24) is 5.32 Å². The first-order chi connectivity index (χ1) is 11.7. The second kappa shape index (κ2) is 7.59. The fourth-order valence-electron chi connectivity index (χ4n) is 3.53. The average molecular weight is 344 g/mol. The summed E-state index contributed by atoms with van der Waals surface area (Å²) in [5, 5.41) is 6.10. The van der Waals surface area contributed by atoms with Crippen molar-refractivity contribution in [3.63, 3.8) is 0 Å². The highest BCUT2D eigenvalue weighted by Crippen LogP contribution is 2.39. The molecule has 0 spiro atoms. The van der Waals surface area contributed by atoms with E-state index < -0.39 is 5.41 Å². The number of hydrogen-bond donors (Lipinski definition) is 2. The Bertz CT molecular complexity index is 623. The van der Waals surface area contributed by atoms with Gasteiger partial charge in [-0.3, -0.25) is 9.59 Å². The number of para-hydroxylation sites is 1. The molecule has 25 heavy (non-hydrogen) atoms. The van der Waals surface area contributed by atoms with Crippen LogP contribution in [-0.2, 0) is 9.59 Å². The normalized spacial score (nSPS) is 17.2. The number of anilines is 1. The fourth-order valence-corrected chi connectivity index (χ4v) is 3.53. The van der Waals surface area contributed by atoms with Crippen LogP contribution in [0.4, 0.5) is 5.69 Å². The van der Waals surface area contributed by atoms with Crippen molar-refractivity contribution in [2.45, 2.75) is 78.2 Å². The molecule has 0 aromatic heterocycles. The predicted molar refractivity (Wildman–Crippen MR) is 103 cm³/mol. The third kappa shape index (κ3) is 4.62. The number of amides is 2. The van der Waals surface area contributed by atoms with Gasteiger partial charge in [-0.15, -0.1) is 0 Å². The van der Waals surface area contributed by atoms with E-state index in [4.69, 9.17) is 0 Å². The van der Waals surface area contributed by atoms with Gasteiger partial charge in [0.1, 0.15) is 5.41 Å². The lowest BCUT2D eigenvalue weighted by molar-refractivity contribution is -0.143. The first-order valence-corrected chi connectivity index (χ1v) is 9.39. The zero-order chi connectivity index (χ0) is 18.7. The quantitative estimate of drug-likeness (QED) is 0.783. The molecule has 4 nitrogen and oxygen atoms in total. The minimum absolute atomic E-state index is 0.140. The largest absolute Gasteiger partial charge is 0.351 e. The zero-order valence-corrected chi connectivity index (χ0v) is 16.2. The maximum absolute atomic E-state index is 13.2. The van der Waals surface area contributed by atoms with Gasteiger partial charge in [-0.25, -0.2) is 0 Å². The Morgan fingerprint density at radius 1 is 1.00 bits per heavy atom. The monoisotopic (exact) mass is 344 g/mol. The molecule has 138 valence electrons. The van der Waals surface area contributed by atoms with Crippen LogP contribution in [0.15, 0.2) is 24.3 Å². The van der Waals surface area contributed by atoms with E-state index in [2.05, 4.69) is 24.5 Å². The van der Waals surface area contributed by atoms with Crippen molar-refractivity contribution in [3.05, 3.63) is 29.8 Å². The number of rotatable bonds is 4. The lowest BCUT2D eigenvalue weighted by Crippen LogP contribution is -2.54. The third-order valence-corrected chi connectivity index (χ3v) is 4.90. The smallest absolute Gasteiger partial charge is 0.240 e. The molecule has 1 aliphatic carbocycles.